The molecule has 1 aliphatic heterocycles. The van der Waals surface area contributed by atoms with E-state index in [-0.39, 0.29) is 6.61 Å². The first-order chi connectivity index (χ1) is 14.0. The van der Waals surface area contributed by atoms with Gasteiger partial charge in [0, 0.05) is 30.6 Å². The Kier molecular flexibility index (Phi) is 7.25. The van der Waals surface area contributed by atoms with E-state index in [4.69, 9.17) is 42.5 Å². The standard InChI is InChI=1S/C21H22Cl2N2O4/c1-13-10-17(25-19-15(22)11-24-12-16(19)23)14-6-7-18(27-2)21(20(14)29-13)28-9-5-3-4-8-26/h6-7,10-12,26H,1,3-5,8-9H2,2H3,(H,24,25). The Morgan fingerprint density at radius 2 is 1.93 bits per heavy atom. The van der Waals surface area contributed by atoms with Crippen molar-refractivity contribution < 1.29 is 19.3 Å². The molecule has 0 fully saturated rings. The fourth-order valence-electron chi connectivity index (χ4n) is 2.89. The van der Waals surface area contributed by atoms with Crippen LogP contribution in [-0.2, 0) is 0 Å². The van der Waals surface area contributed by atoms with Gasteiger partial charge in [0.1, 0.15) is 5.76 Å². The van der Waals surface area contributed by atoms with Gasteiger partial charge in [-0.05, 0) is 31.4 Å². The fraction of sp³-hybridized carbons (Fsp3) is 0.286. The van der Waals surface area contributed by atoms with Gasteiger partial charge in [-0.15, -0.1) is 0 Å². The number of benzene rings is 1. The van der Waals surface area contributed by atoms with Gasteiger partial charge < -0.3 is 24.6 Å². The number of aliphatic hydroxyl groups is 1. The van der Waals surface area contributed by atoms with E-state index in [2.05, 4.69) is 16.9 Å². The Balaban J connectivity index is 1.92. The van der Waals surface area contributed by atoms with Crippen molar-refractivity contribution in [1.29, 1.82) is 0 Å². The van der Waals surface area contributed by atoms with Crippen LogP contribution in [0.4, 0.5) is 5.69 Å². The maximum atomic E-state index is 8.91. The van der Waals surface area contributed by atoms with Crippen molar-refractivity contribution >= 4 is 34.6 Å². The number of allylic oxidation sites excluding steroid dienone is 1. The topological polar surface area (TPSA) is 72.8 Å². The lowest BCUT2D eigenvalue weighted by atomic mass is 10.1. The summed E-state index contributed by atoms with van der Waals surface area (Å²) in [4.78, 5) is 3.97. The van der Waals surface area contributed by atoms with Gasteiger partial charge in [0.25, 0.3) is 0 Å². The molecule has 1 aliphatic rings. The van der Waals surface area contributed by atoms with E-state index in [9.17, 15) is 0 Å². The molecule has 1 aromatic carbocycles. The SMILES string of the molecule is C=C1C=C(Nc2c(Cl)cncc2Cl)c2ccc(OC)c(OCCCCCO)c2O1. The number of halogens is 2. The molecular formula is C21H22Cl2N2O4. The Hall–Kier alpha value is -2.41. The molecule has 0 saturated carbocycles. The summed E-state index contributed by atoms with van der Waals surface area (Å²) in [5.74, 6) is 1.98. The molecule has 1 aromatic heterocycles. The molecule has 3 rings (SSSR count). The third kappa shape index (κ3) is 4.96. The molecule has 8 heteroatoms. The van der Waals surface area contributed by atoms with Gasteiger partial charge in [0.15, 0.2) is 11.5 Å². The molecule has 0 bridgehead atoms. The van der Waals surface area contributed by atoms with Crippen LogP contribution in [-0.4, -0.2) is 30.4 Å². The van der Waals surface area contributed by atoms with Gasteiger partial charge in [0.05, 0.1) is 35.1 Å². The van der Waals surface area contributed by atoms with Crippen LogP contribution in [0, 0.1) is 0 Å². The summed E-state index contributed by atoms with van der Waals surface area (Å²) in [5, 5.41) is 12.9. The molecule has 0 amide bonds. The highest BCUT2D eigenvalue weighted by atomic mass is 35.5. The summed E-state index contributed by atoms with van der Waals surface area (Å²) in [6.45, 7) is 4.57. The smallest absolute Gasteiger partial charge is 0.204 e. The van der Waals surface area contributed by atoms with E-state index in [1.54, 1.807) is 13.2 Å². The second kappa shape index (κ2) is 9.87. The minimum Gasteiger partial charge on any atom is -0.493 e. The predicted molar refractivity (Wildman–Crippen MR) is 115 cm³/mol. The van der Waals surface area contributed by atoms with Crippen LogP contribution in [0.3, 0.4) is 0 Å². The number of fused-ring (bicyclic) bond motifs is 1. The Labute approximate surface area is 179 Å². The number of hydrogen-bond acceptors (Lipinski definition) is 6. The molecule has 2 heterocycles. The van der Waals surface area contributed by atoms with Crippen molar-refractivity contribution in [2.45, 2.75) is 19.3 Å². The van der Waals surface area contributed by atoms with Crippen LogP contribution in [0.5, 0.6) is 17.2 Å². The first-order valence-corrected chi connectivity index (χ1v) is 9.90. The average molecular weight is 437 g/mol. The molecular weight excluding hydrogens is 415 g/mol. The monoisotopic (exact) mass is 436 g/mol. The third-order valence-corrected chi connectivity index (χ3v) is 4.86. The Morgan fingerprint density at radius 1 is 1.17 bits per heavy atom. The first kappa shape index (κ1) is 21.3. The average Bonchev–Trinajstić information content (AvgIpc) is 2.70. The van der Waals surface area contributed by atoms with Crippen molar-refractivity contribution in [3.05, 3.63) is 58.5 Å². The van der Waals surface area contributed by atoms with E-state index >= 15 is 0 Å². The molecule has 0 atom stereocenters. The van der Waals surface area contributed by atoms with Crippen molar-refractivity contribution in [2.24, 2.45) is 0 Å². The van der Waals surface area contributed by atoms with Gasteiger partial charge in [0.2, 0.25) is 5.75 Å². The number of aliphatic hydroxyl groups excluding tert-OH is 1. The van der Waals surface area contributed by atoms with Gasteiger partial charge in [-0.25, -0.2) is 0 Å². The van der Waals surface area contributed by atoms with Crippen LogP contribution in [0.15, 0.2) is 42.9 Å². The van der Waals surface area contributed by atoms with Crippen LogP contribution in [0.2, 0.25) is 10.0 Å². The molecule has 0 radical (unpaired) electrons. The number of pyridine rings is 1. The summed E-state index contributed by atoms with van der Waals surface area (Å²) in [5.41, 5.74) is 2.00. The predicted octanol–water partition coefficient (Wildman–Crippen LogP) is 5.30. The molecule has 6 nitrogen and oxygen atoms in total. The second-order valence-corrected chi connectivity index (χ2v) is 7.15. The third-order valence-electron chi connectivity index (χ3n) is 4.29. The summed E-state index contributed by atoms with van der Waals surface area (Å²) in [6.07, 6.45) is 7.20. The maximum absolute atomic E-state index is 8.91. The van der Waals surface area contributed by atoms with Crippen LogP contribution in [0.25, 0.3) is 5.70 Å². The lowest BCUT2D eigenvalue weighted by molar-refractivity contribution is 0.253. The zero-order chi connectivity index (χ0) is 20.8. The first-order valence-electron chi connectivity index (χ1n) is 9.14. The van der Waals surface area contributed by atoms with Crippen molar-refractivity contribution in [2.75, 3.05) is 25.6 Å². The second-order valence-electron chi connectivity index (χ2n) is 6.34. The lowest BCUT2D eigenvalue weighted by Crippen LogP contribution is -2.11. The van der Waals surface area contributed by atoms with Crippen molar-refractivity contribution in [3.8, 4) is 17.2 Å². The van der Waals surface area contributed by atoms with E-state index in [0.717, 1.165) is 24.8 Å². The number of aromatic nitrogens is 1. The normalized spacial score (nSPS) is 12.7. The minimum atomic E-state index is 0.174. The molecule has 29 heavy (non-hydrogen) atoms. The highest BCUT2D eigenvalue weighted by molar-refractivity contribution is 6.39. The summed E-state index contributed by atoms with van der Waals surface area (Å²) in [7, 11) is 1.57. The molecule has 0 unspecified atom stereocenters. The summed E-state index contributed by atoms with van der Waals surface area (Å²) >= 11 is 12.5. The van der Waals surface area contributed by atoms with Crippen LogP contribution in [0.1, 0.15) is 24.8 Å². The number of anilines is 1. The molecule has 0 saturated heterocycles. The fourth-order valence-corrected chi connectivity index (χ4v) is 3.35. The summed E-state index contributed by atoms with van der Waals surface area (Å²) in [6, 6.07) is 3.67. The van der Waals surface area contributed by atoms with Gasteiger partial charge >= 0.3 is 0 Å². The molecule has 2 N–H and O–H groups in total. The summed E-state index contributed by atoms with van der Waals surface area (Å²) < 4.78 is 17.3. The van der Waals surface area contributed by atoms with E-state index in [0.29, 0.717) is 51.0 Å². The number of ether oxygens (including phenoxy) is 3. The van der Waals surface area contributed by atoms with Crippen molar-refractivity contribution in [1.82, 2.24) is 4.98 Å². The zero-order valence-electron chi connectivity index (χ0n) is 16.0. The van der Waals surface area contributed by atoms with Gasteiger partial charge in [-0.1, -0.05) is 29.8 Å². The van der Waals surface area contributed by atoms with Gasteiger partial charge in [-0.3, -0.25) is 4.98 Å². The highest BCUT2D eigenvalue weighted by Crippen LogP contribution is 2.46. The Bertz CT molecular complexity index is 911. The highest BCUT2D eigenvalue weighted by Gasteiger charge is 2.25. The Morgan fingerprint density at radius 3 is 2.62 bits per heavy atom. The molecule has 2 aromatic rings. The lowest BCUT2D eigenvalue weighted by Gasteiger charge is -2.25. The van der Waals surface area contributed by atoms with Crippen molar-refractivity contribution in [3.63, 3.8) is 0 Å². The maximum Gasteiger partial charge on any atom is 0.204 e. The quantitative estimate of drug-likeness (QED) is 0.519. The largest absolute Gasteiger partial charge is 0.493 e. The number of hydrogen-bond donors (Lipinski definition) is 2. The molecule has 0 aliphatic carbocycles. The van der Waals surface area contributed by atoms with E-state index in [1.807, 2.05) is 12.1 Å². The number of methoxy groups -OCH3 is 1. The number of rotatable bonds is 9. The number of nitrogens with zero attached hydrogens (tertiary/aromatic N) is 1. The van der Waals surface area contributed by atoms with E-state index in [1.165, 1.54) is 12.4 Å². The number of unbranched alkanes of at least 4 members (excludes halogenated alkanes) is 2. The molecule has 0 spiro atoms. The number of nitrogens with one attached hydrogen (secondary N) is 1. The minimum absolute atomic E-state index is 0.174. The molecule has 154 valence electrons. The van der Waals surface area contributed by atoms with Gasteiger partial charge in [-0.2, -0.15) is 0 Å². The zero-order valence-corrected chi connectivity index (χ0v) is 17.5. The van der Waals surface area contributed by atoms with E-state index < -0.39 is 0 Å². The van der Waals surface area contributed by atoms with Crippen LogP contribution < -0.4 is 19.5 Å². The van der Waals surface area contributed by atoms with Crippen LogP contribution >= 0.6 is 23.2 Å².